The molecule has 4 rings (SSSR count). The van der Waals surface area contributed by atoms with Crippen molar-refractivity contribution in [1.29, 1.82) is 0 Å². The predicted octanol–water partition coefficient (Wildman–Crippen LogP) is 3.08. The Kier molecular flexibility index (Phi) is 6.16. The van der Waals surface area contributed by atoms with Crippen LogP contribution in [0.25, 0.3) is 0 Å². The summed E-state index contributed by atoms with van der Waals surface area (Å²) in [5.74, 6) is -0.144. The van der Waals surface area contributed by atoms with E-state index in [0.29, 0.717) is 11.7 Å². The summed E-state index contributed by atoms with van der Waals surface area (Å²) in [6.07, 6.45) is 6.59. The number of carbonyl (C=O) groups excluding carboxylic acids is 1. The number of para-hydroxylation sites is 2. The number of halogens is 1. The van der Waals surface area contributed by atoms with Gasteiger partial charge >= 0.3 is 0 Å². The van der Waals surface area contributed by atoms with Gasteiger partial charge in [-0.2, -0.15) is 5.10 Å². The molecule has 140 valence electrons. The van der Waals surface area contributed by atoms with Gasteiger partial charge in [-0.25, -0.2) is 0 Å². The third-order valence-corrected chi connectivity index (χ3v) is 5.08. The maximum atomic E-state index is 12.7. The highest BCUT2D eigenvalue weighted by Gasteiger charge is 2.20. The minimum absolute atomic E-state index is 0. The number of rotatable bonds is 4. The average Bonchev–Trinajstić information content (AvgIpc) is 3.35. The second kappa shape index (κ2) is 8.56. The lowest BCUT2D eigenvalue weighted by Gasteiger charge is -2.23. The Balaban J connectivity index is 0.00000196. The van der Waals surface area contributed by atoms with Gasteiger partial charge in [0.1, 0.15) is 0 Å². The molecule has 2 aliphatic heterocycles. The van der Waals surface area contributed by atoms with E-state index in [-0.39, 0.29) is 18.3 Å². The number of hydrogen-bond acceptors (Lipinski definition) is 4. The normalized spacial score (nSPS) is 19.8. The first-order valence-corrected chi connectivity index (χ1v) is 9.22. The van der Waals surface area contributed by atoms with Gasteiger partial charge in [0.2, 0.25) is 0 Å². The molecule has 2 aromatic rings. The molecule has 1 unspecified atom stereocenters. The van der Waals surface area contributed by atoms with Gasteiger partial charge in [0.25, 0.3) is 5.91 Å². The molecule has 0 saturated carbocycles. The maximum absolute atomic E-state index is 12.7. The molecule has 7 heteroatoms. The van der Waals surface area contributed by atoms with Gasteiger partial charge < -0.3 is 15.5 Å². The van der Waals surface area contributed by atoms with Gasteiger partial charge in [-0.3, -0.25) is 9.48 Å². The predicted molar refractivity (Wildman–Crippen MR) is 106 cm³/mol. The summed E-state index contributed by atoms with van der Waals surface area (Å²) in [6.45, 7) is 4.09. The van der Waals surface area contributed by atoms with Crippen LogP contribution in [0.1, 0.15) is 42.2 Å². The topological polar surface area (TPSA) is 62.2 Å². The zero-order chi connectivity index (χ0) is 17.1. The van der Waals surface area contributed by atoms with Crippen LogP contribution in [0.5, 0.6) is 0 Å². The largest absolute Gasteiger partial charge is 0.370 e. The van der Waals surface area contributed by atoms with Crippen molar-refractivity contribution in [1.82, 2.24) is 15.1 Å². The summed E-state index contributed by atoms with van der Waals surface area (Å²) in [5, 5.41) is 10.9. The number of nitrogens with zero attached hydrogens (tertiary/aromatic N) is 3. The third-order valence-electron chi connectivity index (χ3n) is 5.08. The minimum atomic E-state index is -0.144. The molecule has 2 saturated heterocycles. The van der Waals surface area contributed by atoms with E-state index in [2.05, 4.69) is 26.7 Å². The molecule has 2 aliphatic rings. The van der Waals surface area contributed by atoms with Crippen molar-refractivity contribution in [3.05, 3.63) is 42.2 Å². The molecule has 0 bridgehead atoms. The van der Waals surface area contributed by atoms with E-state index in [1.165, 1.54) is 12.8 Å². The Morgan fingerprint density at radius 1 is 1.15 bits per heavy atom. The average molecular weight is 376 g/mol. The first kappa shape index (κ1) is 18.7. The highest BCUT2D eigenvalue weighted by molar-refractivity contribution is 6.04. The molecule has 2 N–H and O–H groups in total. The van der Waals surface area contributed by atoms with Crippen LogP contribution >= 0.6 is 12.4 Å². The van der Waals surface area contributed by atoms with Gasteiger partial charge in [-0.15, -0.1) is 12.4 Å². The van der Waals surface area contributed by atoms with Crippen molar-refractivity contribution in [3.8, 4) is 0 Å². The highest BCUT2D eigenvalue weighted by atomic mass is 35.5. The van der Waals surface area contributed by atoms with Crippen LogP contribution < -0.4 is 15.5 Å². The fourth-order valence-corrected chi connectivity index (χ4v) is 3.72. The van der Waals surface area contributed by atoms with Crippen LogP contribution in [0.3, 0.4) is 0 Å². The first-order chi connectivity index (χ1) is 12.3. The van der Waals surface area contributed by atoms with Crippen LogP contribution in [0.15, 0.2) is 36.5 Å². The monoisotopic (exact) mass is 375 g/mol. The van der Waals surface area contributed by atoms with Gasteiger partial charge in [-0.05, 0) is 50.4 Å². The van der Waals surface area contributed by atoms with E-state index in [0.717, 1.165) is 50.4 Å². The van der Waals surface area contributed by atoms with E-state index in [9.17, 15) is 4.79 Å². The Hall–Kier alpha value is -2.05. The van der Waals surface area contributed by atoms with E-state index >= 15 is 0 Å². The van der Waals surface area contributed by atoms with Crippen LogP contribution in [-0.4, -0.2) is 41.9 Å². The summed E-state index contributed by atoms with van der Waals surface area (Å²) in [5.41, 5.74) is 2.44. The standard InChI is InChI=1S/C19H25N5O.ClH/c25-19(17-9-13-24(22-17)15-6-5-10-20-14-15)21-16-7-1-2-8-18(16)23-11-3-4-12-23;/h1-2,7-9,13,15,20H,3-6,10-12,14H2,(H,21,25);1H. The van der Waals surface area contributed by atoms with E-state index in [1.807, 2.05) is 35.1 Å². The van der Waals surface area contributed by atoms with E-state index < -0.39 is 0 Å². The summed E-state index contributed by atoms with van der Waals surface area (Å²) < 4.78 is 1.92. The molecule has 0 radical (unpaired) electrons. The Morgan fingerprint density at radius 2 is 1.96 bits per heavy atom. The summed E-state index contributed by atoms with van der Waals surface area (Å²) in [7, 11) is 0. The lowest BCUT2D eigenvalue weighted by atomic mass is 10.1. The van der Waals surface area contributed by atoms with E-state index in [1.54, 1.807) is 0 Å². The van der Waals surface area contributed by atoms with Crippen molar-refractivity contribution in [2.45, 2.75) is 31.7 Å². The van der Waals surface area contributed by atoms with Crippen LogP contribution in [-0.2, 0) is 0 Å². The Labute approximate surface area is 160 Å². The molecule has 1 aromatic carbocycles. The van der Waals surface area contributed by atoms with Crippen molar-refractivity contribution < 1.29 is 4.79 Å². The molecule has 1 amide bonds. The number of amides is 1. The number of carbonyl (C=O) groups is 1. The van der Waals surface area contributed by atoms with Gasteiger partial charge in [0, 0.05) is 25.8 Å². The van der Waals surface area contributed by atoms with Crippen molar-refractivity contribution in [3.63, 3.8) is 0 Å². The van der Waals surface area contributed by atoms with Crippen LogP contribution in [0, 0.1) is 0 Å². The minimum Gasteiger partial charge on any atom is -0.370 e. The number of benzene rings is 1. The lowest BCUT2D eigenvalue weighted by Crippen LogP contribution is -2.32. The summed E-state index contributed by atoms with van der Waals surface area (Å²) >= 11 is 0. The lowest BCUT2D eigenvalue weighted by molar-refractivity contribution is 0.102. The van der Waals surface area contributed by atoms with Crippen LogP contribution in [0.4, 0.5) is 11.4 Å². The quantitative estimate of drug-likeness (QED) is 0.862. The van der Waals surface area contributed by atoms with Crippen LogP contribution in [0.2, 0.25) is 0 Å². The Morgan fingerprint density at radius 3 is 2.73 bits per heavy atom. The third kappa shape index (κ3) is 4.02. The van der Waals surface area contributed by atoms with Gasteiger partial charge in [0.05, 0.1) is 17.4 Å². The number of hydrogen-bond donors (Lipinski definition) is 2. The van der Waals surface area contributed by atoms with Crippen molar-refractivity contribution in [2.75, 3.05) is 36.4 Å². The first-order valence-electron chi connectivity index (χ1n) is 9.22. The molecule has 1 atom stereocenters. The smallest absolute Gasteiger partial charge is 0.276 e. The molecule has 0 spiro atoms. The second-order valence-electron chi connectivity index (χ2n) is 6.85. The number of nitrogens with one attached hydrogen (secondary N) is 2. The van der Waals surface area contributed by atoms with E-state index in [4.69, 9.17) is 0 Å². The summed E-state index contributed by atoms with van der Waals surface area (Å²) in [6, 6.07) is 10.2. The molecule has 26 heavy (non-hydrogen) atoms. The maximum Gasteiger partial charge on any atom is 0.276 e. The molecule has 0 aliphatic carbocycles. The van der Waals surface area contributed by atoms with Crippen molar-refractivity contribution >= 4 is 29.7 Å². The number of aromatic nitrogens is 2. The van der Waals surface area contributed by atoms with Gasteiger partial charge in [0.15, 0.2) is 5.69 Å². The molecular formula is C19H26ClN5O. The molecule has 2 fully saturated rings. The molecule has 6 nitrogen and oxygen atoms in total. The molecular weight excluding hydrogens is 350 g/mol. The highest BCUT2D eigenvalue weighted by Crippen LogP contribution is 2.29. The van der Waals surface area contributed by atoms with Gasteiger partial charge in [-0.1, -0.05) is 12.1 Å². The summed E-state index contributed by atoms with van der Waals surface area (Å²) in [4.78, 5) is 15.0. The Bertz CT molecular complexity index is 735. The SMILES string of the molecule is Cl.O=C(Nc1ccccc1N1CCCC1)c1ccn(C2CCCNC2)n1. The molecule has 3 heterocycles. The number of piperidine rings is 1. The number of anilines is 2. The fraction of sp³-hybridized carbons (Fsp3) is 0.474. The second-order valence-corrected chi connectivity index (χ2v) is 6.85. The zero-order valence-corrected chi connectivity index (χ0v) is 15.7. The fourth-order valence-electron chi connectivity index (χ4n) is 3.72. The zero-order valence-electron chi connectivity index (χ0n) is 14.9. The molecule has 1 aromatic heterocycles. The van der Waals surface area contributed by atoms with Crippen molar-refractivity contribution in [2.24, 2.45) is 0 Å².